The van der Waals surface area contributed by atoms with E-state index in [1.54, 1.807) is 12.1 Å². The zero-order valence-corrected chi connectivity index (χ0v) is 14.3. The molecule has 0 bridgehead atoms. The van der Waals surface area contributed by atoms with E-state index >= 15 is 0 Å². The average Bonchev–Trinajstić information content (AvgIpc) is 3.03. The van der Waals surface area contributed by atoms with Gasteiger partial charge in [0.25, 0.3) is 0 Å². The molecule has 1 saturated heterocycles. The highest BCUT2D eigenvalue weighted by atomic mass is 79.9. The molecule has 0 spiro atoms. The molecule has 1 fully saturated rings. The van der Waals surface area contributed by atoms with Gasteiger partial charge in [-0.05, 0) is 48.4 Å². The molecule has 4 nitrogen and oxygen atoms in total. The Bertz CT molecular complexity index is 670. The molecule has 2 aromatic rings. The Hall–Kier alpha value is -1.85. The molecule has 1 heterocycles. The van der Waals surface area contributed by atoms with E-state index in [4.69, 9.17) is 5.11 Å². The molecule has 2 N–H and O–H groups in total. The maximum atomic E-state index is 10.8. The van der Waals surface area contributed by atoms with Gasteiger partial charge in [-0.3, -0.25) is 0 Å². The summed E-state index contributed by atoms with van der Waals surface area (Å²) in [5.41, 5.74) is 2.69. The second kappa shape index (κ2) is 7.15. The second-order valence-corrected chi connectivity index (χ2v) is 6.71. The van der Waals surface area contributed by atoms with Crippen molar-refractivity contribution in [2.24, 2.45) is 0 Å². The standard InChI is InChI=1S/C18H19BrN2O2/c19-15-5-7-17(8-6-15)21-10-9-16(12-21)20-11-13-1-3-14(4-2-13)18(22)23/h1-8,16,20H,9-12H2,(H,22,23). The van der Waals surface area contributed by atoms with Crippen LogP contribution >= 0.6 is 15.9 Å². The Morgan fingerprint density at radius 1 is 1.17 bits per heavy atom. The second-order valence-electron chi connectivity index (χ2n) is 5.79. The van der Waals surface area contributed by atoms with Crippen LogP contribution in [0, 0.1) is 0 Å². The highest BCUT2D eigenvalue weighted by molar-refractivity contribution is 9.10. The number of benzene rings is 2. The monoisotopic (exact) mass is 374 g/mol. The van der Waals surface area contributed by atoms with Crippen molar-refractivity contribution in [3.8, 4) is 0 Å². The average molecular weight is 375 g/mol. The first-order valence-electron chi connectivity index (χ1n) is 7.68. The zero-order chi connectivity index (χ0) is 16.2. The number of anilines is 1. The number of halogens is 1. The maximum Gasteiger partial charge on any atom is 0.335 e. The summed E-state index contributed by atoms with van der Waals surface area (Å²) in [6, 6.07) is 15.9. The number of hydrogen-bond acceptors (Lipinski definition) is 3. The van der Waals surface area contributed by atoms with Gasteiger partial charge < -0.3 is 15.3 Å². The Labute approximate surface area is 144 Å². The van der Waals surface area contributed by atoms with Crippen molar-refractivity contribution in [2.45, 2.75) is 19.0 Å². The molecule has 120 valence electrons. The fourth-order valence-corrected chi connectivity index (χ4v) is 3.11. The summed E-state index contributed by atoms with van der Waals surface area (Å²) in [7, 11) is 0. The minimum Gasteiger partial charge on any atom is -0.478 e. The number of carbonyl (C=O) groups is 1. The lowest BCUT2D eigenvalue weighted by molar-refractivity contribution is 0.0697. The first-order chi connectivity index (χ1) is 11.1. The fourth-order valence-electron chi connectivity index (χ4n) is 2.84. The van der Waals surface area contributed by atoms with Crippen LogP contribution in [0.1, 0.15) is 22.3 Å². The van der Waals surface area contributed by atoms with Gasteiger partial charge in [-0.15, -0.1) is 0 Å². The van der Waals surface area contributed by atoms with Crippen LogP contribution in [0.4, 0.5) is 5.69 Å². The number of carboxylic acids is 1. The van der Waals surface area contributed by atoms with E-state index in [-0.39, 0.29) is 0 Å². The van der Waals surface area contributed by atoms with Gasteiger partial charge >= 0.3 is 5.97 Å². The lowest BCUT2D eigenvalue weighted by atomic mass is 10.1. The number of nitrogens with zero attached hydrogens (tertiary/aromatic N) is 1. The van der Waals surface area contributed by atoms with Gasteiger partial charge in [0.1, 0.15) is 0 Å². The summed E-state index contributed by atoms with van der Waals surface area (Å²) in [5, 5.41) is 12.5. The van der Waals surface area contributed by atoms with Crippen LogP contribution in [-0.2, 0) is 6.54 Å². The first-order valence-corrected chi connectivity index (χ1v) is 8.47. The molecule has 1 unspecified atom stereocenters. The largest absolute Gasteiger partial charge is 0.478 e. The predicted octanol–water partition coefficient (Wildman–Crippen LogP) is 3.52. The Kier molecular flexibility index (Phi) is 4.98. The Morgan fingerprint density at radius 3 is 2.52 bits per heavy atom. The van der Waals surface area contributed by atoms with Crippen molar-refractivity contribution in [3.05, 3.63) is 64.1 Å². The van der Waals surface area contributed by atoms with Gasteiger partial charge in [0.05, 0.1) is 5.56 Å². The van der Waals surface area contributed by atoms with Gasteiger partial charge in [-0.2, -0.15) is 0 Å². The number of nitrogens with one attached hydrogen (secondary N) is 1. The highest BCUT2D eigenvalue weighted by Gasteiger charge is 2.22. The van der Waals surface area contributed by atoms with E-state index in [2.05, 4.69) is 50.4 Å². The minimum absolute atomic E-state index is 0.330. The molecular weight excluding hydrogens is 356 g/mol. The predicted molar refractivity (Wildman–Crippen MR) is 95.0 cm³/mol. The zero-order valence-electron chi connectivity index (χ0n) is 12.7. The lowest BCUT2D eigenvalue weighted by Crippen LogP contribution is -2.32. The minimum atomic E-state index is -0.884. The molecular formula is C18H19BrN2O2. The molecule has 2 aromatic carbocycles. The van der Waals surface area contributed by atoms with E-state index < -0.39 is 5.97 Å². The third-order valence-electron chi connectivity index (χ3n) is 4.18. The molecule has 5 heteroatoms. The van der Waals surface area contributed by atoms with Crippen LogP contribution in [0.15, 0.2) is 53.0 Å². The van der Waals surface area contributed by atoms with Crippen molar-refractivity contribution in [2.75, 3.05) is 18.0 Å². The molecule has 1 aliphatic rings. The molecule has 1 atom stereocenters. The summed E-state index contributed by atoms with van der Waals surface area (Å²) < 4.78 is 1.10. The van der Waals surface area contributed by atoms with E-state index in [0.717, 1.165) is 36.1 Å². The van der Waals surface area contributed by atoms with Crippen LogP contribution in [0.25, 0.3) is 0 Å². The van der Waals surface area contributed by atoms with Crippen LogP contribution in [0.5, 0.6) is 0 Å². The molecule has 23 heavy (non-hydrogen) atoms. The number of aromatic carboxylic acids is 1. The van der Waals surface area contributed by atoms with E-state index in [1.807, 2.05) is 12.1 Å². The van der Waals surface area contributed by atoms with E-state index in [1.165, 1.54) is 5.69 Å². The molecule has 0 aliphatic carbocycles. The Morgan fingerprint density at radius 2 is 1.87 bits per heavy atom. The van der Waals surface area contributed by atoms with Crippen LogP contribution in [-0.4, -0.2) is 30.2 Å². The summed E-state index contributed by atoms with van der Waals surface area (Å²) in [4.78, 5) is 13.2. The summed E-state index contributed by atoms with van der Waals surface area (Å²) in [5.74, 6) is -0.884. The summed E-state index contributed by atoms with van der Waals surface area (Å²) >= 11 is 3.46. The van der Waals surface area contributed by atoms with Gasteiger partial charge in [0.15, 0.2) is 0 Å². The Balaban J connectivity index is 1.52. The normalized spacial score (nSPS) is 17.4. The van der Waals surface area contributed by atoms with Gasteiger partial charge in [-0.1, -0.05) is 28.1 Å². The third kappa shape index (κ3) is 4.12. The smallest absolute Gasteiger partial charge is 0.335 e. The fraction of sp³-hybridized carbons (Fsp3) is 0.278. The highest BCUT2D eigenvalue weighted by Crippen LogP contribution is 2.22. The van der Waals surface area contributed by atoms with Crippen LogP contribution in [0.3, 0.4) is 0 Å². The summed E-state index contributed by atoms with van der Waals surface area (Å²) in [6.45, 7) is 2.81. The molecule has 0 amide bonds. The number of rotatable bonds is 5. The third-order valence-corrected chi connectivity index (χ3v) is 4.70. The first kappa shape index (κ1) is 16.0. The maximum absolute atomic E-state index is 10.8. The molecule has 0 aromatic heterocycles. The topological polar surface area (TPSA) is 52.6 Å². The molecule has 0 saturated carbocycles. The van der Waals surface area contributed by atoms with Gasteiger partial charge in [-0.25, -0.2) is 4.79 Å². The van der Waals surface area contributed by atoms with Crippen molar-refractivity contribution in [1.29, 1.82) is 0 Å². The quantitative estimate of drug-likeness (QED) is 0.840. The van der Waals surface area contributed by atoms with Crippen molar-refractivity contribution in [1.82, 2.24) is 5.32 Å². The number of hydrogen-bond donors (Lipinski definition) is 2. The molecule has 1 aliphatic heterocycles. The van der Waals surface area contributed by atoms with Crippen LogP contribution in [0.2, 0.25) is 0 Å². The SMILES string of the molecule is O=C(O)c1ccc(CNC2CCN(c3ccc(Br)cc3)C2)cc1. The molecule has 3 rings (SSSR count). The van der Waals surface area contributed by atoms with Crippen molar-refractivity contribution < 1.29 is 9.90 Å². The van der Waals surface area contributed by atoms with Crippen molar-refractivity contribution >= 4 is 27.6 Å². The summed E-state index contributed by atoms with van der Waals surface area (Å²) in [6.07, 6.45) is 1.11. The lowest BCUT2D eigenvalue weighted by Gasteiger charge is -2.19. The van der Waals surface area contributed by atoms with Crippen LogP contribution < -0.4 is 10.2 Å². The molecule has 0 radical (unpaired) electrons. The van der Waals surface area contributed by atoms with Crippen molar-refractivity contribution in [3.63, 3.8) is 0 Å². The number of carboxylic acid groups (broad SMARTS) is 1. The van der Waals surface area contributed by atoms with E-state index in [0.29, 0.717) is 11.6 Å². The van der Waals surface area contributed by atoms with Gasteiger partial charge in [0, 0.05) is 35.8 Å². The van der Waals surface area contributed by atoms with Gasteiger partial charge in [0.2, 0.25) is 0 Å². The van der Waals surface area contributed by atoms with E-state index in [9.17, 15) is 4.79 Å².